The molecule has 0 fully saturated rings. The molecule has 0 N–H and O–H groups in total. The second-order valence-electron chi connectivity index (χ2n) is 8.18. The van der Waals surface area contributed by atoms with Crippen LogP contribution in [0.1, 0.15) is 12.8 Å². The predicted octanol–water partition coefficient (Wildman–Crippen LogP) is 3.37. The van der Waals surface area contributed by atoms with Crippen LogP contribution in [0.3, 0.4) is 0 Å². The van der Waals surface area contributed by atoms with Gasteiger partial charge in [-0.3, -0.25) is 0 Å². The Balaban J connectivity index is 2.97. The van der Waals surface area contributed by atoms with Crippen LogP contribution in [0.2, 0.25) is 10.5 Å². The van der Waals surface area contributed by atoms with Crippen molar-refractivity contribution in [2.45, 2.75) is 23.3 Å². The molecule has 0 atom stereocenters. The summed E-state index contributed by atoms with van der Waals surface area (Å²) in [5.41, 5.74) is 0. The normalized spacial score (nSPS) is 20.7. The fraction of sp³-hybridized carbons (Fsp3) is 0.222. The van der Waals surface area contributed by atoms with Crippen molar-refractivity contribution in [2.24, 2.45) is 0 Å². The van der Waals surface area contributed by atoms with Gasteiger partial charge in [-0.15, -0.1) is 0 Å². The first-order chi connectivity index (χ1) is 10.9. The number of rotatable bonds is 6. The van der Waals surface area contributed by atoms with E-state index in [0.717, 1.165) is 19.9 Å². The Labute approximate surface area is 140 Å². The Morgan fingerprint density at radius 1 is 1.00 bits per heavy atom. The van der Waals surface area contributed by atoms with Crippen molar-refractivity contribution in [3.8, 4) is 0 Å². The number of carbonyl (C=O) groups is 2. The molecule has 2 aliphatic carbocycles. The fourth-order valence-corrected chi connectivity index (χ4v) is 16.8. The van der Waals surface area contributed by atoms with E-state index in [9.17, 15) is 9.59 Å². The molecule has 0 heterocycles. The van der Waals surface area contributed by atoms with Crippen molar-refractivity contribution in [2.75, 3.05) is 0 Å². The van der Waals surface area contributed by atoms with Gasteiger partial charge in [-0.05, 0) is 0 Å². The van der Waals surface area contributed by atoms with Crippen LogP contribution in [-0.4, -0.2) is 19.6 Å². The second kappa shape index (κ2) is 4.69. The third-order valence-corrected chi connectivity index (χ3v) is 22.9. The first kappa shape index (κ1) is 18.6. The average Bonchev–Trinajstić information content (AvgIpc) is 3.20. The molecule has 4 nitrogen and oxygen atoms in total. The number of carbonyl (C=O) groups excluding carboxylic acids is 2. The van der Waals surface area contributed by atoms with E-state index in [4.69, 9.17) is 6.64 Å². The van der Waals surface area contributed by atoms with E-state index in [1.807, 2.05) is 46.9 Å². The van der Waals surface area contributed by atoms with E-state index in [1.165, 1.54) is 7.63 Å². The molecule has 0 aromatic rings. The zero-order valence-electron chi connectivity index (χ0n) is 14.3. The summed E-state index contributed by atoms with van der Waals surface area (Å²) in [5.74, 6) is -1.22. The molecule has 2 rings (SSSR count). The van der Waals surface area contributed by atoms with Gasteiger partial charge in [0.05, 0.1) is 0 Å². The van der Waals surface area contributed by atoms with Gasteiger partial charge in [-0.1, -0.05) is 0 Å². The number of allylic oxidation sites excluding steroid dienone is 8. The number of hydrogen-bond donors (Lipinski definition) is 0. The summed E-state index contributed by atoms with van der Waals surface area (Å²) >= 11 is -5.93. The molecule has 0 aliphatic heterocycles. The van der Waals surface area contributed by atoms with Crippen molar-refractivity contribution in [1.82, 2.24) is 0 Å². The topological polar surface area (TPSA) is 52.6 Å². The molecule has 0 radical (unpaired) electrons. The minimum atomic E-state index is -5.93. The van der Waals surface area contributed by atoms with Gasteiger partial charge in [0.25, 0.3) is 0 Å². The molecule has 128 valence electrons. The molecule has 6 heteroatoms. The molecule has 0 bridgehead atoms. The van der Waals surface area contributed by atoms with Crippen LogP contribution >= 0.6 is 0 Å². The van der Waals surface area contributed by atoms with Crippen LogP contribution < -0.4 is 0 Å². The van der Waals surface area contributed by atoms with Gasteiger partial charge in [0.2, 0.25) is 0 Å². The van der Waals surface area contributed by atoms with E-state index < -0.39 is 24.2 Å². The summed E-state index contributed by atoms with van der Waals surface area (Å²) in [6, 6.07) is 0. The van der Waals surface area contributed by atoms with Gasteiger partial charge in [0, 0.05) is 0 Å². The number of hydrogen-bond acceptors (Lipinski definition) is 4. The SMILES string of the molecule is C=CC(=O)[O][Ti]([CH3])([CH3])(=[SiH2])([O]C(=O)C=C)([C]1=CC=CC1)[C]1=CC=CC1. The Hall–Kier alpha value is -1.69. The Morgan fingerprint density at radius 2 is 1.38 bits per heavy atom. The van der Waals surface area contributed by atoms with Crippen LogP contribution in [0.15, 0.2) is 69.5 Å². The van der Waals surface area contributed by atoms with Gasteiger partial charge in [-0.2, -0.15) is 0 Å². The van der Waals surface area contributed by atoms with Gasteiger partial charge < -0.3 is 0 Å². The van der Waals surface area contributed by atoms with Crippen LogP contribution in [-0.2, 0) is 28.5 Å². The van der Waals surface area contributed by atoms with Crippen LogP contribution in [0, 0.1) is 0 Å². The maximum atomic E-state index is 12.4. The molecule has 2 aliphatic rings. The zero-order chi connectivity index (χ0) is 18.2. The van der Waals surface area contributed by atoms with E-state index in [-0.39, 0.29) is 0 Å². The van der Waals surface area contributed by atoms with E-state index >= 15 is 0 Å². The summed E-state index contributed by atoms with van der Waals surface area (Å²) in [7, 11) is 1.52. The monoisotopic (exact) mass is 380 g/mol. The molecule has 0 saturated heterocycles. The van der Waals surface area contributed by atoms with Crippen molar-refractivity contribution in [3.05, 3.63) is 69.5 Å². The molecule has 0 aromatic carbocycles. The standard InChI is InChI=1S/2C5H5.2C3H4O2.2CH3.H2Si.Ti/c2*1-2-4-5-3-1;2*1-2-3(4)5;;;;/h2*1-3H,4H2;2*2H,1H2,(H,4,5);2*1H3;1H2;/q;;;;;;;+2/p-2. The van der Waals surface area contributed by atoms with Crippen LogP contribution in [0.25, 0.3) is 0 Å². The molecular weight excluding hydrogens is 356 g/mol. The molecule has 0 amide bonds. The maximum absolute atomic E-state index is 12.4. The van der Waals surface area contributed by atoms with Crippen LogP contribution in [0.5, 0.6) is 0 Å². The Bertz CT molecular complexity index is 849. The van der Waals surface area contributed by atoms with Gasteiger partial charge in [0.15, 0.2) is 0 Å². The molecule has 0 saturated carbocycles. The quantitative estimate of drug-likeness (QED) is 0.524. The second-order valence-corrected chi connectivity index (χ2v) is 35.3. The van der Waals surface area contributed by atoms with Gasteiger partial charge >= 0.3 is 141 Å². The molecule has 24 heavy (non-hydrogen) atoms. The average molecular weight is 380 g/mol. The third-order valence-electron chi connectivity index (χ3n) is 5.50. The predicted molar refractivity (Wildman–Crippen MR) is 96.5 cm³/mol. The summed E-state index contributed by atoms with van der Waals surface area (Å²) in [4.78, 5) is 24.8. The van der Waals surface area contributed by atoms with Crippen molar-refractivity contribution < 1.29 is 28.5 Å². The minimum absolute atomic E-state index is 0.554. The fourth-order valence-electron chi connectivity index (χ4n) is 3.79. The van der Waals surface area contributed by atoms with Crippen molar-refractivity contribution in [3.63, 3.8) is 0 Å². The summed E-state index contributed by atoms with van der Waals surface area (Å²) in [6.45, 7) is 7.03. The Kier molecular flexibility index (Phi) is 3.64. The molecule has 0 unspecified atom stereocenters. The Morgan fingerprint density at radius 3 is 1.62 bits per heavy atom. The van der Waals surface area contributed by atoms with Crippen molar-refractivity contribution >= 4 is 19.6 Å². The van der Waals surface area contributed by atoms with E-state index in [0.29, 0.717) is 12.8 Å². The molecular formula is C18H24O4SiTi. The third kappa shape index (κ3) is 2.39. The van der Waals surface area contributed by atoms with Gasteiger partial charge in [0.1, 0.15) is 0 Å². The summed E-state index contributed by atoms with van der Waals surface area (Å²) in [5, 5.41) is 3.66. The first-order valence-electron chi connectivity index (χ1n) is 7.91. The van der Waals surface area contributed by atoms with E-state index in [1.54, 1.807) is 0 Å². The summed E-state index contributed by atoms with van der Waals surface area (Å²) in [6.07, 6.45) is 14.8. The zero-order valence-corrected chi connectivity index (χ0v) is 17.3. The van der Waals surface area contributed by atoms with Crippen LogP contribution in [0.4, 0.5) is 0 Å². The molecule has 0 spiro atoms. The molecule has 0 aromatic heterocycles. The van der Waals surface area contributed by atoms with Crippen molar-refractivity contribution in [1.29, 1.82) is 0 Å². The van der Waals surface area contributed by atoms with Gasteiger partial charge in [-0.25, -0.2) is 0 Å². The van der Waals surface area contributed by atoms with E-state index in [2.05, 4.69) is 13.2 Å². The summed E-state index contributed by atoms with van der Waals surface area (Å²) < 4.78 is 14.1. The first-order valence-corrected chi connectivity index (χ1v) is 17.9.